The Morgan fingerprint density at radius 3 is 2.77 bits per heavy atom. The molecule has 0 unspecified atom stereocenters. The zero-order valence-corrected chi connectivity index (χ0v) is 14.2. The number of carbonyl (C=O) groups is 1. The van der Waals surface area contributed by atoms with Crippen LogP contribution in [0.15, 0.2) is 60.8 Å². The van der Waals surface area contributed by atoms with E-state index in [1.54, 1.807) is 16.9 Å². The van der Waals surface area contributed by atoms with Crippen molar-refractivity contribution in [2.75, 3.05) is 12.1 Å². The third-order valence-electron chi connectivity index (χ3n) is 4.24. The molecular weight excluding hydrogens is 330 g/mol. The van der Waals surface area contributed by atoms with Crippen LogP contribution in [0.3, 0.4) is 0 Å². The standard InChI is InChI=1S/C20H19N3O3/c24-20(9-7-15-6-8-17-18(12-15)26-14-25-17)22-19-10-11-21-23(19)13-16-4-2-1-3-5-16/h1-6,8,10-12H,7,9,13-14H2,(H,22,24). The third-order valence-corrected chi connectivity index (χ3v) is 4.24. The molecule has 0 atom stereocenters. The molecule has 0 radical (unpaired) electrons. The molecule has 2 aromatic carbocycles. The number of hydrogen-bond donors (Lipinski definition) is 1. The van der Waals surface area contributed by atoms with Crippen molar-refractivity contribution in [3.8, 4) is 11.5 Å². The van der Waals surface area contributed by atoms with E-state index in [2.05, 4.69) is 10.4 Å². The van der Waals surface area contributed by atoms with Crippen LogP contribution in [-0.2, 0) is 17.8 Å². The quantitative estimate of drug-likeness (QED) is 0.742. The molecule has 26 heavy (non-hydrogen) atoms. The second-order valence-electron chi connectivity index (χ2n) is 6.10. The average molecular weight is 349 g/mol. The Bertz CT molecular complexity index is 906. The van der Waals surface area contributed by atoms with E-state index in [9.17, 15) is 4.79 Å². The number of amides is 1. The van der Waals surface area contributed by atoms with Gasteiger partial charge in [0.2, 0.25) is 12.7 Å². The zero-order chi connectivity index (χ0) is 17.8. The molecule has 6 heteroatoms. The van der Waals surface area contributed by atoms with Gasteiger partial charge in [-0.1, -0.05) is 36.4 Å². The molecule has 0 saturated heterocycles. The Hall–Kier alpha value is -3.28. The van der Waals surface area contributed by atoms with Crippen LogP contribution in [0.2, 0.25) is 0 Å². The molecule has 0 spiro atoms. The number of rotatable bonds is 6. The van der Waals surface area contributed by atoms with Crippen molar-refractivity contribution >= 4 is 11.7 Å². The van der Waals surface area contributed by atoms with Gasteiger partial charge in [-0.05, 0) is 29.7 Å². The van der Waals surface area contributed by atoms with Gasteiger partial charge in [-0.25, -0.2) is 4.68 Å². The van der Waals surface area contributed by atoms with Crippen LogP contribution in [0.25, 0.3) is 0 Å². The van der Waals surface area contributed by atoms with Crippen LogP contribution < -0.4 is 14.8 Å². The molecule has 0 saturated carbocycles. The van der Waals surface area contributed by atoms with Gasteiger partial charge in [-0.15, -0.1) is 0 Å². The predicted molar refractivity (Wildman–Crippen MR) is 97.3 cm³/mol. The van der Waals surface area contributed by atoms with Crippen molar-refractivity contribution in [3.05, 3.63) is 71.9 Å². The molecule has 1 aliphatic heterocycles. The fourth-order valence-corrected chi connectivity index (χ4v) is 2.88. The van der Waals surface area contributed by atoms with Crippen LogP contribution in [0.1, 0.15) is 17.5 Å². The van der Waals surface area contributed by atoms with E-state index >= 15 is 0 Å². The van der Waals surface area contributed by atoms with Gasteiger partial charge in [0, 0.05) is 12.5 Å². The van der Waals surface area contributed by atoms with Crippen LogP contribution in [0, 0.1) is 0 Å². The summed E-state index contributed by atoms with van der Waals surface area (Å²) in [5, 5.41) is 7.23. The lowest BCUT2D eigenvalue weighted by molar-refractivity contribution is -0.116. The fourth-order valence-electron chi connectivity index (χ4n) is 2.88. The lowest BCUT2D eigenvalue weighted by Gasteiger charge is -2.09. The first-order chi connectivity index (χ1) is 12.8. The largest absolute Gasteiger partial charge is 0.454 e. The summed E-state index contributed by atoms with van der Waals surface area (Å²) in [7, 11) is 0. The molecular formula is C20H19N3O3. The van der Waals surface area contributed by atoms with Crippen molar-refractivity contribution in [2.24, 2.45) is 0 Å². The van der Waals surface area contributed by atoms with Crippen LogP contribution in [0.5, 0.6) is 11.5 Å². The molecule has 132 valence electrons. The van der Waals surface area contributed by atoms with Crippen LogP contribution >= 0.6 is 0 Å². The number of anilines is 1. The van der Waals surface area contributed by atoms with Crippen molar-refractivity contribution in [1.29, 1.82) is 0 Å². The highest BCUT2D eigenvalue weighted by Gasteiger charge is 2.14. The first-order valence-corrected chi connectivity index (χ1v) is 8.52. The van der Waals surface area contributed by atoms with Crippen molar-refractivity contribution in [1.82, 2.24) is 9.78 Å². The number of aryl methyl sites for hydroxylation is 1. The number of aromatic nitrogens is 2. The zero-order valence-electron chi connectivity index (χ0n) is 14.2. The predicted octanol–water partition coefficient (Wildman–Crippen LogP) is 3.23. The highest BCUT2D eigenvalue weighted by atomic mass is 16.7. The summed E-state index contributed by atoms with van der Waals surface area (Å²) in [4.78, 5) is 12.3. The maximum atomic E-state index is 12.3. The number of fused-ring (bicyclic) bond motifs is 1. The molecule has 3 aromatic rings. The minimum absolute atomic E-state index is 0.0440. The van der Waals surface area contributed by atoms with E-state index in [-0.39, 0.29) is 12.7 Å². The number of carbonyl (C=O) groups excluding carboxylic acids is 1. The lowest BCUT2D eigenvalue weighted by Crippen LogP contribution is -2.16. The number of nitrogens with zero attached hydrogens (tertiary/aromatic N) is 2. The SMILES string of the molecule is O=C(CCc1ccc2c(c1)OCO2)Nc1ccnn1Cc1ccccc1. The summed E-state index contributed by atoms with van der Waals surface area (Å²) in [6.45, 7) is 0.871. The monoisotopic (exact) mass is 349 g/mol. The van der Waals surface area contributed by atoms with E-state index in [0.717, 1.165) is 22.6 Å². The molecule has 0 aliphatic carbocycles. The Morgan fingerprint density at radius 2 is 1.88 bits per heavy atom. The summed E-state index contributed by atoms with van der Waals surface area (Å²) in [6.07, 6.45) is 2.71. The molecule has 0 fully saturated rings. The minimum atomic E-state index is -0.0440. The van der Waals surface area contributed by atoms with Crippen LogP contribution in [-0.4, -0.2) is 22.5 Å². The summed E-state index contributed by atoms with van der Waals surface area (Å²) >= 11 is 0. The van der Waals surface area contributed by atoms with Gasteiger partial charge >= 0.3 is 0 Å². The molecule has 1 aliphatic rings. The van der Waals surface area contributed by atoms with Gasteiger partial charge in [0.15, 0.2) is 11.5 Å². The highest BCUT2D eigenvalue weighted by Crippen LogP contribution is 2.32. The van der Waals surface area contributed by atoms with Crippen molar-refractivity contribution < 1.29 is 14.3 Å². The first kappa shape index (κ1) is 16.2. The Balaban J connectivity index is 1.35. The van der Waals surface area contributed by atoms with E-state index < -0.39 is 0 Å². The minimum Gasteiger partial charge on any atom is -0.454 e. The van der Waals surface area contributed by atoms with E-state index in [1.807, 2.05) is 48.5 Å². The number of benzene rings is 2. The molecule has 1 aromatic heterocycles. The molecule has 2 heterocycles. The summed E-state index contributed by atoms with van der Waals surface area (Å²) in [5.74, 6) is 2.15. The highest BCUT2D eigenvalue weighted by molar-refractivity contribution is 5.90. The van der Waals surface area contributed by atoms with E-state index in [4.69, 9.17) is 9.47 Å². The maximum absolute atomic E-state index is 12.3. The van der Waals surface area contributed by atoms with Gasteiger partial charge in [-0.2, -0.15) is 5.10 Å². The normalized spacial score (nSPS) is 12.2. The number of hydrogen-bond acceptors (Lipinski definition) is 4. The first-order valence-electron chi connectivity index (χ1n) is 8.52. The van der Waals surface area contributed by atoms with E-state index in [0.29, 0.717) is 25.2 Å². The maximum Gasteiger partial charge on any atom is 0.231 e. The smallest absolute Gasteiger partial charge is 0.231 e. The van der Waals surface area contributed by atoms with Crippen molar-refractivity contribution in [3.63, 3.8) is 0 Å². The van der Waals surface area contributed by atoms with Gasteiger partial charge in [-0.3, -0.25) is 4.79 Å². The van der Waals surface area contributed by atoms with Gasteiger partial charge < -0.3 is 14.8 Å². The Labute approximate surface area is 151 Å². The average Bonchev–Trinajstić information content (AvgIpc) is 3.30. The Kier molecular flexibility index (Phi) is 4.55. The summed E-state index contributed by atoms with van der Waals surface area (Å²) < 4.78 is 12.5. The number of nitrogens with one attached hydrogen (secondary N) is 1. The lowest BCUT2D eigenvalue weighted by atomic mass is 10.1. The molecule has 1 amide bonds. The second kappa shape index (κ2) is 7.31. The van der Waals surface area contributed by atoms with Gasteiger partial charge in [0.05, 0.1) is 12.7 Å². The van der Waals surface area contributed by atoms with Gasteiger partial charge in [0.25, 0.3) is 0 Å². The summed E-state index contributed by atoms with van der Waals surface area (Å²) in [6, 6.07) is 17.6. The van der Waals surface area contributed by atoms with E-state index in [1.165, 1.54) is 0 Å². The molecule has 0 bridgehead atoms. The molecule has 1 N–H and O–H groups in total. The topological polar surface area (TPSA) is 65.4 Å². The molecule has 4 rings (SSSR count). The van der Waals surface area contributed by atoms with Gasteiger partial charge in [0.1, 0.15) is 5.82 Å². The van der Waals surface area contributed by atoms with Crippen LogP contribution in [0.4, 0.5) is 5.82 Å². The number of ether oxygens (including phenoxy) is 2. The third kappa shape index (κ3) is 3.69. The fraction of sp³-hybridized carbons (Fsp3) is 0.200. The van der Waals surface area contributed by atoms with Crippen molar-refractivity contribution in [2.45, 2.75) is 19.4 Å². The Morgan fingerprint density at radius 1 is 1.04 bits per heavy atom. The molecule has 6 nitrogen and oxygen atoms in total. The second-order valence-corrected chi connectivity index (χ2v) is 6.10. The summed E-state index contributed by atoms with van der Waals surface area (Å²) in [5.41, 5.74) is 2.18.